The van der Waals surface area contributed by atoms with Crippen molar-refractivity contribution in [3.8, 4) is 0 Å². The van der Waals surface area contributed by atoms with Crippen LogP contribution in [-0.4, -0.2) is 29.1 Å². The molecule has 0 saturated heterocycles. The first-order valence-corrected chi connectivity index (χ1v) is 5.91. The minimum absolute atomic E-state index is 0.0462. The van der Waals surface area contributed by atoms with Crippen LogP contribution in [0.15, 0.2) is 10.8 Å². The summed E-state index contributed by atoms with van der Waals surface area (Å²) < 4.78 is 18.9. The first-order chi connectivity index (χ1) is 7.68. The van der Waals surface area contributed by atoms with Crippen molar-refractivity contribution in [3.05, 3.63) is 17.8 Å². The molecule has 1 fully saturated rings. The molecule has 0 spiro atoms. The van der Waals surface area contributed by atoms with Crippen molar-refractivity contribution < 1.29 is 8.81 Å². The number of aromatic nitrogens is 1. The Morgan fingerprint density at radius 3 is 2.88 bits per heavy atom. The van der Waals surface area contributed by atoms with Crippen molar-refractivity contribution in [1.82, 2.24) is 9.88 Å². The van der Waals surface area contributed by atoms with Crippen LogP contribution in [0.5, 0.6) is 0 Å². The van der Waals surface area contributed by atoms with Crippen LogP contribution in [0, 0.1) is 6.92 Å². The largest absolute Gasteiger partial charge is 0.448 e. The van der Waals surface area contributed by atoms with Gasteiger partial charge in [-0.3, -0.25) is 4.90 Å². The number of alkyl halides is 1. The molecular formula is C12H19FN2O. The summed E-state index contributed by atoms with van der Waals surface area (Å²) in [6, 6.07) is 0.0462. The zero-order chi connectivity index (χ0) is 11.5. The number of aryl methyl sites for hydroxylation is 1. The van der Waals surface area contributed by atoms with Crippen LogP contribution in [-0.2, 0) is 6.54 Å². The fraction of sp³-hybridized carbons (Fsp3) is 0.750. The van der Waals surface area contributed by atoms with Gasteiger partial charge in [0.1, 0.15) is 11.9 Å². The number of rotatable bonds is 3. The summed E-state index contributed by atoms with van der Waals surface area (Å²) in [6.45, 7) is 2.57. The summed E-state index contributed by atoms with van der Waals surface area (Å²) in [7, 11) is 1.97. The van der Waals surface area contributed by atoms with E-state index in [1.54, 1.807) is 0 Å². The lowest BCUT2D eigenvalue weighted by molar-refractivity contribution is 0.0896. The van der Waals surface area contributed by atoms with E-state index in [9.17, 15) is 4.39 Å². The predicted octanol–water partition coefficient (Wildman–Crippen LogP) is 2.70. The number of oxazole rings is 1. The molecule has 1 aliphatic rings. The molecule has 1 aliphatic carbocycles. The molecule has 0 N–H and O–H groups in total. The predicted molar refractivity (Wildman–Crippen MR) is 59.9 cm³/mol. The maximum atomic E-state index is 13.7. The molecule has 4 heteroatoms. The Labute approximate surface area is 95.6 Å². The molecule has 1 heterocycles. The second-order valence-electron chi connectivity index (χ2n) is 4.64. The Hall–Kier alpha value is -0.900. The van der Waals surface area contributed by atoms with Gasteiger partial charge >= 0.3 is 0 Å². The van der Waals surface area contributed by atoms with Gasteiger partial charge in [0.05, 0.1) is 5.69 Å². The fourth-order valence-corrected chi connectivity index (χ4v) is 2.40. The highest BCUT2D eigenvalue weighted by molar-refractivity contribution is 5.04. The molecule has 0 unspecified atom stereocenters. The lowest BCUT2D eigenvalue weighted by Crippen LogP contribution is -2.41. The third kappa shape index (κ3) is 2.43. The van der Waals surface area contributed by atoms with Crippen LogP contribution in [0.2, 0.25) is 0 Å². The van der Waals surface area contributed by atoms with E-state index >= 15 is 0 Å². The molecule has 16 heavy (non-hydrogen) atoms. The SMILES string of the molecule is Cc1ocnc1CN(C)[C@@H]1CCCC[C@H]1F. The second kappa shape index (κ2) is 4.95. The van der Waals surface area contributed by atoms with Crippen molar-refractivity contribution in [3.63, 3.8) is 0 Å². The first kappa shape index (κ1) is 11.6. The number of halogens is 1. The Kier molecular flexibility index (Phi) is 3.59. The van der Waals surface area contributed by atoms with E-state index in [4.69, 9.17) is 4.42 Å². The van der Waals surface area contributed by atoms with Gasteiger partial charge in [-0.25, -0.2) is 9.37 Å². The van der Waals surface area contributed by atoms with Crippen molar-refractivity contribution in [2.24, 2.45) is 0 Å². The van der Waals surface area contributed by atoms with Crippen molar-refractivity contribution in [2.45, 2.75) is 51.4 Å². The summed E-state index contributed by atoms with van der Waals surface area (Å²) in [5.74, 6) is 0.832. The van der Waals surface area contributed by atoms with Gasteiger partial charge in [-0.2, -0.15) is 0 Å². The van der Waals surface area contributed by atoms with E-state index in [2.05, 4.69) is 9.88 Å². The molecule has 0 amide bonds. The summed E-state index contributed by atoms with van der Waals surface area (Å²) in [5, 5.41) is 0. The summed E-state index contributed by atoms with van der Waals surface area (Å²) in [4.78, 5) is 6.21. The van der Waals surface area contributed by atoms with Crippen molar-refractivity contribution in [1.29, 1.82) is 0 Å². The molecule has 0 radical (unpaired) electrons. The molecule has 2 atom stereocenters. The summed E-state index contributed by atoms with van der Waals surface area (Å²) in [5.41, 5.74) is 0.917. The van der Waals surface area contributed by atoms with Gasteiger partial charge in [0.25, 0.3) is 0 Å². The zero-order valence-corrected chi connectivity index (χ0v) is 9.95. The Bertz CT molecular complexity index is 340. The van der Waals surface area contributed by atoms with Crippen LogP contribution in [0.3, 0.4) is 0 Å². The van der Waals surface area contributed by atoms with Gasteiger partial charge in [0.2, 0.25) is 0 Å². The van der Waals surface area contributed by atoms with Gasteiger partial charge in [-0.05, 0) is 26.8 Å². The Morgan fingerprint density at radius 2 is 2.25 bits per heavy atom. The fourth-order valence-electron chi connectivity index (χ4n) is 2.40. The zero-order valence-electron chi connectivity index (χ0n) is 9.95. The van der Waals surface area contributed by atoms with Crippen LogP contribution >= 0.6 is 0 Å². The van der Waals surface area contributed by atoms with Crippen LogP contribution < -0.4 is 0 Å². The summed E-state index contributed by atoms with van der Waals surface area (Å²) >= 11 is 0. The maximum absolute atomic E-state index is 13.7. The third-order valence-electron chi connectivity index (χ3n) is 3.46. The van der Waals surface area contributed by atoms with Gasteiger partial charge < -0.3 is 4.42 Å². The van der Waals surface area contributed by atoms with Crippen LogP contribution in [0.4, 0.5) is 4.39 Å². The Morgan fingerprint density at radius 1 is 1.50 bits per heavy atom. The van der Waals surface area contributed by atoms with Crippen LogP contribution in [0.25, 0.3) is 0 Å². The highest BCUT2D eigenvalue weighted by Crippen LogP contribution is 2.26. The first-order valence-electron chi connectivity index (χ1n) is 5.91. The quantitative estimate of drug-likeness (QED) is 0.793. The average Bonchev–Trinajstić information content (AvgIpc) is 2.65. The number of hydrogen-bond acceptors (Lipinski definition) is 3. The van der Waals surface area contributed by atoms with E-state index in [0.717, 1.165) is 30.7 Å². The number of hydrogen-bond donors (Lipinski definition) is 0. The van der Waals surface area contributed by atoms with E-state index < -0.39 is 6.17 Å². The molecule has 2 rings (SSSR count). The van der Waals surface area contributed by atoms with E-state index in [1.807, 2.05) is 14.0 Å². The minimum atomic E-state index is -0.689. The minimum Gasteiger partial charge on any atom is -0.448 e. The lowest BCUT2D eigenvalue weighted by atomic mass is 9.92. The smallest absolute Gasteiger partial charge is 0.181 e. The lowest BCUT2D eigenvalue weighted by Gasteiger charge is -2.33. The van der Waals surface area contributed by atoms with Gasteiger partial charge in [0, 0.05) is 12.6 Å². The standard InChI is InChI=1S/C12H19FN2O/c1-9-11(14-8-16-9)7-15(2)12-6-4-3-5-10(12)13/h8,10,12H,3-7H2,1-2H3/t10-,12-/m1/s1. The average molecular weight is 226 g/mol. The van der Waals surface area contributed by atoms with Crippen molar-refractivity contribution in [2.75, 3.05) is 7.05 Å². The topological polar surface area (TPSA) is 29.3 Å². The van der Waals surface area contributed by atoms with E-state index in [-0.39, 0.29) is 6.04 Å². The van der Waals surface area contributed by atoms with E-state index in [1.165, 1.54) is 6.39 Å². The number of nitrogens with zero attached hydrogens (tertiary/aromatic N) is 2. The Balaban J connectivity index is 1.96. The molecule has 1 saturated carbocycles. The second-order valence-corrected chi connectivity index (χ2v) is 4.64. The normalized spacial score (nSPS) is 26.2. The van der Waals surface area contributed by atoms with Crippen molar-refractivity contribution >= 4 is 0 Å². The van der Waals surface area contributed by atoms with Gasteiger partial charge in [-0.1, -0.05) is 12.8 Å². The molecule has 0 aliphatic heterocycles. The molecule has 1 aromatic heterocycles. The van der Waals surface area contributed by atoms with E-state index in [0.29, 0.717) is 13.0 Å². The van der Waals surface area contributed by atoms with Gasteiger partial charge in [-0.15, -0.1) is 0 Å². The highest BCUT2D eigenvalue weighted by Gasteiger charge is 2.28. The monoisotopic (exact) mass is 226 g/mol. The molecule has 90 valence electrons. The van der Waals surface area contributed by atoms with Crippen LogP contribution in [0.1, 0.15) is 37.1 Å². The molecule has 0 aromatic carbocycles. The molecule has 1 aromatic rings. The summed E-state index contributed by atoms with van der Waals surface area (Å²) in [6.07, 6.45) is 4.57. The van der Waals surface area contributed by atoms with Gasteiger partial charge in [0.15, 0.2) is 6.39 Å². The highest BCUT2D eigenvalue weighted by atomic mass is 19.1. The molecule has 3 nitrogen and oxygen atoms in total. The molecular weight excluding hydrogens is 207 g/mol. The maximum Gasteiger partial charge on any atom is 0.181 e. The third-order valence-corrected chi connectivity index (χ3v) is 3.46. The molecule has 0 bridgehead atoms.